The van der Waals surface area contributed by atoms with E-state index in [1.54, 1.807) is 23.1 Å². The highest BCUT2D eigenvalue weighted by Gasteiger charge is 2.64. The lowest BCUT2D eigenvalue weighted by Crippen LogP contribution is -2.74. The molecule has 3 aliphatic heterocycles. The Kier molecular flexibility index (Phi) is 10.7. The number of rotatable bonds is 9. The van der Waals surface area contributed by atoms with Gasteiger partial charge in [-0.2, -0.15) is 10.4 Å². The molecule has 1 aliphatic carbocycles. The molecule has 0 atom stereocenters. The normalized spacial score (nSPS) is 22.0. The fourth-order valence-electron chi connectivity index (χ4n) is 11.0. The van der Waals surface area contributed by atoms with E-state index in [0.717, 1.165) is 86.1 Å². The number of aromatic nitrogens is 3. The van der Waals surface area contributed by atoms with Gasteiger partial charge in [0.25, 0.3) is 5.91 Å². The molecule has 322 valence electrons. The summed E-state index contributed by atoms with van der Waals surface area (Å²) >= 11 is 0. The molecule has 3 saturated heterocycles. The molecule has 4 fully saturated rings. The summed E-state index contributed by atoms with van der Waals surface area (Å²) in [6, 6.07) is 20.0. The molecule has 2 aromatic heterocycles. The van der Waals surface area contributed by atoms with E-state index in [9.17, 15) is 19.6 Å². The number of nitrogens with one attached hydrogen (secondary N) is 2. The Labute approximate surface area is 361 Å². The van der Waals surface area contributed by atoms with Gasteiger partial charge in [-0.3, -0.25) is 29.5 Å². The SMILES string of the molecule is Cc1ccc2c(OC3C(C)(C)C(NC(=O)c4ccc(N5CCC(CN6CCC(n7ncc8c(N9CCC(=O)NC9=O)cccc87)CC6)CC5)c(F)c4)C3(C)C)ccc(C#N)c2n1. The number of likely N-dealkylation sites (tertiary alicyclic amines) is 1. The molecule has 4 aliphatic rings. The third-order valence-corrected chi connectivity index (χ3v) is 14.0. The Morgan fingerprint density at radius 2 is 1.69 bits per heavy atom. The number of nitriles is 1. The second-order valence-corrected chi connectivity index (χ2v) is 18.8. The number of urea groups is 1. The van der Waals surface area contributed by atoms with Crippen LogP contribution in [0.15, 0.2) is 66.9 Å². The van der Waals surface area contributed by atoms with Gasteiger partial charge in [0.15, 0.2) is 0 Å². The molecule has 14 heteroatoms. The highest BCUT2D eigenvalue weighted by atomic mass is 19.1. The number of pyridine rings is 1. The molecule has 13 nitrogen and oxygen atoms in total. The number of hydrogen-bond acceptors (Lipinski definition) is 9. The highest BCUT2D eigenvalue weighted by molar-refractivity contribution is 6.09. The van der Waals surface area contributed by atoms with Crippen LogP contribution in [0.25, 0.3) is 21.8 Å². The Hall–Kier alpha value is -6.07. The van der Waals surface area contributed by atoms with E-state index < -0.39 is 22.7 Å². The monoisotopic (exact) mass is 839 g/mol. The maximum Gasteiger partial charge on any atom is 0.328 e. The minimum atomic E-state index is -0.449. The minimum absolute atomic E-state index is 0.242. The number of piperidine rings is 2. The zero-order valence-corrected chi connectivity index (χ0v) is 36.1. The number of imide groups is 1. The highest BCUT2D eigenvalue weighted by Crippen LogP contribution is 2.56. The van der Waals surface area contributed by atoms with E-state index in [-0.39, 0.29) is 42.0 Å². The van der Waals surface area contributed by atoms with Gasteiger partial charge in [-0.05, 0) is 93.1 Å². The molecule has 2 N–H and O–H groups in total. The van der Waals surface area contributed by atoms with E-state index in [0.29, 0.717) is 35.0 Å². The largest absolute Gasteiger partial charge is 0.488 e. The second kappa shape index (κ2) is 16.0. The van der Waals surface area contributed by atoms with E-state index in [1.165, 1.54) is 6.07 Å². The summed E-state index contributed by atoms with van der Waals surface area (Å²) < 4.78 is 24.6. The summed E-state index contributed by atoms with van der Waals surface area (Å²) in [4.78, 5) is 48.8. The minimum Gasteiger partial charge on any atom is -0.488 e. The number of hydrogen-bond donors (Lipinski definition) is 2. The molecule has 0 radical (unpaired) electrons. The Balaban J connectivity index is 0.767. The predicted molar refractivity (Wildman–Crippen MR) is 236 cm³/mol. The first-order chi connectivity index (χ1) is 29.7. The van der Waals surface area contributed by atoms with Crippen LogP contribution in [0.4, 0.5) is 20.6 Å². The third kappa shape index (κ3) is 7.40. The van der Waals surface area contributed by atoms with Crippen molar-refractivity contribution in [3.05, 3.63) is 89.5 Å². The number of carbonyl (C=O) groups excluding carboxylic acids is 3. The second-order valence-electron chi connectivity index (χ2n) is 18.8. The van der Waals surface area contributed by atoms with Crippen LogP contribution in [0.3, 0.4) is 0 Å². The first kappa shape index (κ1) is 41.3. The number of nitrogens with zero attached hydrogens (tertiary/aromatic N) is 7. The number of halogens is 1. The topological polar surface area (TPSA) is 149 Å². The van der Waals surface area contributed by atoms with Crippen molar-refractivity contribution in [2.45, 2.75) is 84.9 Å². The number of anilines is 2. The van der Waals surface area contributed by atoms with E-state index in [2.05, 4.69) is 63.9 Å². The molecule has 5 aromatic rings. The van der Waals surface area contributed by atoms with Gasteiger partial charge in [-0.15, -0.1) is 0 Å². The molecule has 62 heavy (non-hydrogen) atoms. The summed E-state index contributed by atoms with van der Waals surface area (Å²) in [6.07, 6.45) is 5.74. The first-order valence-corrected chi connectivity index (χ1v) is 21.9. The summed E-state index contributed by atoms with van der Waals surface area (Å²) in [5, 5.41) is 21.8. The summed E-state index contributed by atoms with van der Waals surface area (Å²) in [5.41, 5.74) is 3.60. The number of benzene rings is 3. The van der Waals surface area contributed by atoms with Gasteiger partial charge < -0.3 is 19.9 Å². The van der Waals surface area contributed by atoms with E-state index in [1.807, 2.05) is 49.5 Å². The number of fused-ring (bicyclic) bond motifs is 2. The fraction of sp³-hybridized carbons (Fsp3) is 0.458. The van der Waals surface area contributed by atoms with Gasteiger partial charge >= 0.3 is 6.03 Å². The summed E-state index contributed by atoms with van der Waals surface area (Å²) in [7, 11) is 0. The molecule has 3 aromatic carbocycles. The van der Waals surface area contributed by atoms with Crippen molar-refractivity contribution in [3.63, 3.8) is 0 Å². The molecular weight excluding hydrogens is 786 g/mol. The molecule has 0 bridgehead atoms. The lowest BCUT2D eigenvalue weighted by atomic mass is 9.49. The van der Waals surface area contributed by atoms with E-state index in [4.69, 9.17) is 9.84 Å². The van der Waals surface area contributed by atoms with Crippen molar-refractivity contribution in [1.82, 2.24) is 30.3 Å². The van der Waals surface area contributed by atoms with Crippen LogP contribution in [0.2, 0.25) is 0 Å². The van der Waals surface area contributed by atoms with Crippen LogP contribution in [-0.2, 0) is 4.79 Å². The summed E-state index contributed by atoms with van der Waals surface area (Å²) in [6.45, 7) is 15.0. The van der Waals surface area contributed by atoms with Crippen LogP contribution in [0.5, 0.6) is 5.75 Å². The number of ether oxygens (including phenoxy) is 1. The third-order valence-electron chi connectivity index (χ3n) is 14.0. The van der Waals surface area contributed by atoms with Gasteiger partial charge in [0.2, 0.25) is 5.91 Å². The molecule has 5 heterocycles. The van der Waals surface area contributed by atoms with Gasteiger partial charge in [-0.25, -0.2) is 9.18 Å². The average Bonchev–Trinajstić information content (AvgIpc) is 3.69. The number of carbonyl (C=O) groups is 3. The molecular formula is C48H54FN9O4. The maximum absolute atomic E-state index is 15.8. The smallest absolute Gasteiger partial charge is 0.328 e. The van der Waals surface area contributed by atoms with Crippen molar-refractivity contribution in [1.29, 1.82) is 5.26 Å². The molecule has 1 saturated carbocycles. The molecule has 4 amide bonds. The Morgan fingerprint density at radius 1 is 0.935 bits per heavy atom. The Morgan fingerprint density at radius 3 is 2.40 bits per heavy atom. The molecule has 9 rings (SSSR count). The lowest BCUT2D eigenvalue weighted by Gasteiger charge is -2.63. The van der Waals surface area contributed by atoms with Crippen LogP contribution in [-0.4, -0.2) is 88.9 Å². The van der Waals surface area contributed by atoms with Crippen molar-refractivity contribution < 1.29 is 23.5 Å². The zero-order chi connectivity index (χ0) is 43.5. The van der Waals surface area contributed by atoms with Crippen molar-refractivity contribution >= 4 is 51.0 Å². The van der Waals surface area contributed by atoms with Crippen molar-refractivity contribution in [3.8, 4) is 11.8 Å². The van der Waals surface area contributed by atoms with Gasteiger partial charge in [0.05, 0.1) is 40.2 Å². The predicted octanol–water partition coefficient (Wildman–Crippen LogP) is 7.52. The maximum atomic E-state index is 15.8. The van der Waals surface area contributed by atoms with Crippen LogP contribution in [0.1, 0.15) is 87.5 Å². The number of aryl methyl sites for hydroxylation is 1. The average molecular weight is 840 g/mol. The first-order valence-electron chi connectivity index (χ1n) is 21.9. The standard InChI is InChI=1S/C48H54FN9O4/c1-29-9-12-34-40(14-11-32(26-50)42(34)52-29)62-45-47(2,3)44(48(45,4)5)54-43(60)31-10-13-39(36(49)25-31)56-22-15-30(16-23-56)28-55-20-17-33(18-21-55)58-38-8-6-7-37(35(38)27-51-58)57-24-19-41(59)53-46(57)61/h6-14,25,27,30,33,44-45H,15-24,28H2,1-5H3,(H,54,60)(H,53,59,61). The quantitative estimate of drug-likeness (QED) is 0.154. The van der Waals surface area contributed by atoms with Crippen molar-refractivity contribution in [2.75, 3.05) is 49.1 Å². The zero-order valence-electron chi connectivity index (χ0n) is 36.1. The Bertz CT molecular complexity index is 2600. The van der Waals surface area contributed by atoms with Gasteiger partial charge in [-0.1, -0.05) is 33.8 Å². The van der Waals surface area contributed by atoms with Gasteiger partial charge in [0.1, 0.15) is 23.7 Å². The van der Waals surface area contributed by atoms with Crippen LogP contribution >= 0.6 is 0 Å². The van der Waals surface area contributed by atoms with Gasteiger partial charge in [0, 0.05) is 84.6 Å². The van der Waals surface area contributed by atoms with Crippen LogP contribution < -0.4 is 25.2 Å². The molecule has 0 unspecified atom stereocenters. The van der Waals surface area contributed by atoms with Crippen molar-refractivity contribution in [2.24, 2.45) is 16.7 Å². The lowest BCUT2D eigenvalue weighted by molar-refractivity contribution is -0.163. The number of amides is 4. The van der Waals surface area contributed by atoms with Crippen LogP contribution in [0, 0.1) is 40.8 Å². The molecule has 0 spiro atoms. The van der Waals surface area contributed by atoms with E-state index >= 15 is 4.39 Å². The fourth-order valence-corrected chi connectivity index (χ4v) is 11.0. The summed E-state index contributed by atoms with van der Waals surface area (Å²) in [5.74, 6) is 0.204.